The van der Waals surface area contributed by atoms with Gasteiger partial charge >= 0.3 is 0 Å². The first-order valence-corrected chi connectivity index (χ1v) is 12.5. The molecule has 0 unspecified atom stereocenters. The monoisotopic (exact) mass is 522 g/mol. The lowest BCUT2D eigenvalue weighted by molar-refractivity contribution is -0.194. The van der Waals surface area contributed by atoms with Crippen LogP contribution >= 0.6 is 11.6 Å². The second-order valence-electron chi connectivity index (χ2n) is 9.81. The van der Waals surface area contributed by atoms with Gasteiger partial charge in [-0.2, -0.15) is 5.26 Å². The van der Waals surface area contributed by atoms with Gasteiger partial charge in [-0.1, -0.05) is 11.6 Å². The van der Waals surface area contributed by atoms with Gasteiger partial charge in [-0.3, -0.25) is 19.4 Å². The lowest BCUT2D eigenvalue weighted by Crippen LogP contribution is -2.70. The number of hydrogen-bond acceptors (Lipinski definition) is 6. The molecule has 12 heteroatoms. The van der Waals surface area contributed by atoms with E-state index < -0.39 is 60.2 Å². The molecule has 1 saturated carbocycles. The number of rotatable bonds is 7. The Morgan fingerprint density at radius 3 is 2.81 bits per heavy atom. The number of nitriles is 1. The summed E-state index contributed by atoms with van der Waals surface area (Å²) in [5, 5.41) is 18.3. The Morgan fingerprint density at radius 2 is 2.14 bits per heavy atom. The molecule has 3 aliphatic heterocycles. The summed E-state index contributed by atoms with van der Waals surface area (Å²) in [7, 11) is 0. The summed E-state index contributed by atoms with van der Waals surface area (Å²) >= 11 is 5.96. The van der Waals surface area contributed by atoms with Gasteiger partial charge in [-0.15, -0.1) is 0 Å². The molecule has 3 N–H and O–H groups in total. The molecule has 2 bridgehead atoms. The van der Waals surface area contributed by atoms with Gasteiger partial charge in [0, 0.05) is 31.1 Å². The molecule has 4 heterocycles. The number of nitrogens with one attached hydrogen (secondary N) is 3. The van der Waals surface area contributed by atoms with Crippen LogP contribution in [0, 0.1) is 23.2 Å². The molecule has 4 fully saturated rings. The lowest BCUT2D eigenvalue weighted by atomic mass is 9.71. The number of aromatic nitrogens is 1. The van der Waals surface area contributed by atoms with Crippen LogP contribution in [-0.2, 0) is 14.4 Å². The molecule has 6 atom stereocenters. The van der Waals surface area contributed by atoms with Crippen LogP contribution in [0.1, 0.15) is 45.4 Å². The molecule has 1 aromatic rings. The first kappa shape index (κ1) is 26.1. The van der Waals surface area contributed by atoms with Gasteiger partial charge in [0.15, 0.2) is 0 Å². The standard InChI is InChI=1S/C24H29ClF2N6O3/c1-13(31-17-8-15(25)11-29-12-17)23(36)33-18-4-5-19(24(26,27)9-18)20(33)22(35)32-16(10-28)7-14-3-2-6-30-21(14)34/h8,11-14,16,18-20,31H,2-7,9H2,1H3,(H,30,34)(H,32,35)/t13-,14-,16-,18-,19-,20-/m1/s1. The fourth-order valence-corrected chi connectivity index (χ4v) is 5.77. The van der Waals surface area contributed by atoms with Gasteiger partial charge in [0.1, 0.15) is 18.1 Å². The van der Waals surface area contributed by atoms with E-state index in [9.17, 15) is 28.4 Å². The van der Waals surface area contributed by atoms with Crippen molar-refractivity contribution in [2.75, 3.05) is 11.9 Å². The normalized spacial score (nSPS) is 28.4. The van der Waals surface area contributed by atoms with Crippen LogP contribution in [0.2, 0.25) is 5.02 Å². The third kappa shape index (κ3) is 5.38. The first-order valence-electron chi connectivity index (χ1n) is 12.2. The molecule has 1 aliphatic carbocycles. The number of carbonyl (C=O) groups excluding carboxylic acids is 3. The number of pyridine rings is 1. The molecule has 0 spiro atoms. The summed E-state index contributed by atoms with van der Waals surface area (Å²) in [4.78, 5) is 44.2. The quantitative estimate of drug-likeness (QED) is 0.505. The Labute approximate surface area is 212 Å². The molecule has 3 amide bonds. The zero-order valence-corrected chi connectivity index (χ0v) is 20.6. The van der Waals surface area contributed by atoms with Crippen molar-refractivity contribution in [3.8, 4) is 6.07 Å². The predicted octanol–water partition coefficient (Wildman–Crippen LogP) is 2.47. The summed E-state index contributed by atoms with van der Waals surface area (Å²) in [5.74, 6) is -6.39. The SMILES string of the molecule is C[C@@H](Nc1cncc(Cl)c1)C(=O)N1[C@@H]2CC[C@H]([C@@H]1C(=O)N[C@@H](C#N)C[C@H]1CCCNC1=O)C(F)(F)C2. The highest BCUT2D eigenvalue weighted by Gasteiger charge is 2.60. The molecular formula is C24H29ClF2N6O3. The Kier molecular flexibility index (Phi) is 7.64. The number of fused-ring (bicyclic) bond motifs is 3. The molecular weight excluding hydrogens is 494 g/mol. The zero-order chi connectivity index (χ0) is 26.0. The minimum Gasteiger partial charge on any atom is -0.373 e. The van der Waals surface area contributed by atoms with Gasteiger partial charge in [0.05, 0.1) is 28.9 Å². The molecule has 9 nitrogen and oxygen atoms in total. The second kappa shape index (κ2) is 10.5. The van der Waals surface area contributed by atoms with E-state index in [2.05, 4.69) is 20.9 Å². The van der Waals surface area contributed by atoms with E-state index in [0.717, 1.165) is 6.42 Å². The van der Waals surface area contributed by atoms with Crippen LogP contribution in [0.15, 0.2) is 18.5 Å². The first-order chi connectivity index (χ1) is 17.1. The van der Waals surface area contributed by atoms with Crippen molar-refractivity contribution in [2.24, 2.45) is 11.8 Å². The van der Waals surface area contributed by atoms with Gasteiger partial charge in [0.2, 0.25) is 17.7 Å². The van der Waals surface area contributed by atoms with Crippen LogP contribution in [-0.4, -0.2) is 64.2 Å². The summed E-state index contributed by atoms with van der Waals surface area (Å²) < 4.78 is 29.8. The fraction of sp³-hybridized carbons (Fsp3) is 0.625. The van der Waals surface area contributed by atoms with E-state index in [1.54, 1.807) is 13.0 Å². The fourth-order valence-electron chi connectivity index (χ4n) is 5.60. The van der Waals surface area contributed by atoms with Gasteiger partial charge in [0.25, 0.3) is 5.92 Å². The molecule has 194 valence electrons. The number of halogens is 3. The summed E-state index contributed by atoms with van der Waals surface area (Å²) in [6.07, 6.45) is 4.30. The van der Waals surface area contributed by atoms with E-state index in [1.165, 1.54) is 17.3 Å². The number of alkyl halides is 2. The van der Waals surface area contributed by atoms with Gasteiger partial charge < -0.3 is 20.9 Å². The van der Waals surface area contributed by atoms with Crippen molar-refractivity contribution in [1.82, 2.24) is 20.5 Å². The van der Waals surface area contributed by atoms with Crippen molar-refractivity contribution < 1.29 is 23.2 Å². The topological polar surface area (TPSA) is 127 Å². The summed E-state index contributed by atoms with van der Waals surface area (Å²) in [6.45, 7) is 2.14. The molecule has 3 saturated heterocycles. The summed E-state index contributed by atoms with van der Waals surface area (Å²) in [6, 6.07) is -0.547. The van der Waals surface area contributed by atoms with Crippen molar-refractivity contribution in [3.63, 3.8) is 0 Å². The van der Waals surface area contributed by atoms with Crippen molar-refractivity contribution in [2.45, 2.75) is 75.5 Å². The highest BCUT2D eigenvalue weighted by Crippen LogP contribution is 2.49. The Bertz CT molecular complexity index is 1070. The van der Waals surface area contributed by atoms with E-state index in [-0.39, 0.29) is 18.7 Å². The molecule has 36 heavy (non-hydrogen) atoms. The third-order valence-corrected chi connectivity index (χ3v) is 7.52. The molecule has 5 rings (SSSR count). The molecule has 1 aromatic heterocycles. The maximum absolute atomic E-state index is 14.9. The minimum absolute atomic E-state index is 0.0823. The largest absolute Gasteiger partial charge is 0.373 e. The van der Waals surface area contributed by atoms with Crippen LogP contribution < -0.4 is 16.0 Å². The van der Waals surface area contributed by atoms with Crippen LogP contribution in [0.5, 0.6) is 0 Å². The number of amides is 3. The maximum Gasteiger partial charge on any atom is 0.255 e. The average molecular weight is 523 g/mol. The highest BCUT2D eigenvalue weighted by molar-refractivity contribution is 6.30. The van der Waals surface area contributed by atoms with Crippen LogP contribution in [0.3, 0.4) is 0 Å². The second-order valence-corrected chi connectivity index (χ2v) is 10.2. The minimum atomic E-state index is -3.11. The van der Waals surface area contributed by atoms with Gasteiger partial charge in [-0.05, 0) is 45.1 Å². The van der Waals surface area contributed by atoms with Crippen molar-refractivity contribution in [3.05, 3.63) is 23.5 Å². The molecule has 0 aromatic carbocycles. The number of hydrogen-bond donors (Lipinski definition) is 3. The van der Waals surface area contributed by atoms with E-state index in [0.29, 0.717) is 30.1 Å². The highest BCUT2D eigenvalue weighted by atomic mass is 35.5. The van der Waals surface area contributed by atoms with Gasteiger partial charge in [-0.25, -0.2) is 8.78 Å². The Balaban J connectivity index is 1.52. The lowest BCUT2D eigenvalue weighted by Gasteiger charge is -2.54. The van der Waals surface area contributed by atoms with E-state index >= 15 is 0 Å². The number of piperidine rings is 3. The maximum atomic E-state index is 14.9. The predicted molar refractivity (Wildman–Crippen MR) is 127 cm³/mol. The molecule has 4 aliphatic rings. The third-order valence-electron chi connectivity index (χ3n) is 7.31. The van der Waals surface area contributed by atoms with Crippen LogP contribution in [0.4, 0.5) is 14.5 Å². The smallest absolute Gasteiger partial charge is 0.255 e. The van der Waals surface area contributed by atoms with Crippen molar-refractivity contribution in [1.29, 1.82) is 5.26 Å². The van der Waals surface area contributed by atoms with Crippen molar-refractivity contribution >= 4 is 35.0 Å². The summed E-state index contributed by atoms with van der Waals surface area (Å²) in [5.41, 5.74) is 0.479. The average Bonchev–Trinajstić information content (AvgIpc) is 2.83. The van der Waals surface area contributed by atoms with Crippen LogP contribution in [0.25, 0.3) is 0 Å². The van der Waals surface area contributed by atoms with E-state index in [1.807, 2.05) is 6.07 Å². The Morgan fingerprint density at radius 1 is 1.36 bits per heavy atom. The Hall–Kier alpha value is -3.00. The number of nitrogens with zero attached hydrogens (tertiary/aromatic N) is 3. The van der Waals surface area contributed by atoms with E-state index in [4.69, 9.17) is 11.6 Å². The number of carbonyl (C=O) groups is 3. The zero-order valence-electron chi connectivity index (χ0n) is 19.8. The number of anilines is 1. The molecule has 0 radical (unpaired) electrons.